The van der Waals surface area contributed by atoms with Crippen molar-refractivity contribution in [1.29, 1.82) is 0 Å². The number of anilines is 1. The molecule has 0 radical (unpaired) electrons. The number of hydrogen-bond donors (Lipinski definition) is 1. The molecule has 5 nitrogen and oxygen atoms in total. The summed E-state index contributed by atoms with van der Waals surface area (Å²) in [6, 6.07) is 6.57. The average molecular weight is 264 g/mol. The molecule has 1 aromatic carbocycles. The highest BCUT2D eigenvalue weighted by molar-refractivity contribution is 5.47. The van der Waals surface area contributed by atoms with Crippen LogP contribution in [0.3, 0.4) is 0 Å². The van der Waals surface area contributed by atoms with Gasteiger partial charge < -0.3 is 15.2 Å². The highest BCUT2D eigenvalue weighted by Gasteiger charge is 2.15. The van der Waals surface area contributed by atoms with Gasteiger partial charge in [0.1, 0.15) is 5.82 Å². The van der Waals surface area contributed by atoms with Crippen LogP contribution in [0.2, 0.25) is 0 Å². The van der Waals surface area contributed by atoms with E-state index in [1.807, 2.05) is 13.8 Å². The average Bonchev–Trinajstić information content (AvgIpc) is 2.85. The zero-order valence-electron chi connectivity index (χ0n) is 11.0. The zero-order valence-corrected chi connectivity index (χ0v) is 11.0. The predicted molar refractivity (Wildman–Crippen MR) is 69.9 cm³/mol. The molecule has 0 spiro atoms. The Morgan fingerprint density at radius 2 is 2.00 bits per heavy atom. The Balaban J connectivity index is 2.18. The van der Waals surface area contributed by atoms with Gasteiger partial charge in [-0.1, -0.05) is 5.16 Å². The van der Waals surface area contributed by atoms with Crippen molar-refractivity contribution in [2.45, 2.75) is 33.0 Å². The molecule has 1 heterocycles. The van der Waals surface area contributed by atoms with E-state index in [1.165, 1.54) is 12.1 Å². The minimum Gasteiger partial charge on any atom is -0.361 e. The van der Waals surface area contributed by atoms with Gasteiger partial charge in [-0.15, -0.1) is 0 Å². The Morgan fingerprint density at radius 3 is 2.53 bits per heavy atom. The zero-order chi connectivity index (χ0) is 13.8. The van der Waals surface area contributed by atoms with Crippen LogP contribution in [0.1, 0.15) is 25.6 Å². The maximum absolute atomic E-state index is 13.0. The fraction of sp³-hybridized carbons (Fsp3) is 0.385. The standard InChI is InChI=1S/C13H17FN4O/c1-9(2)18(11-5-3-10(14)4-6-11)8-12-16-13(7-15)19-17-12/h3-6,9H,7-8,15H2,1-2H3. The summed E-state index contributed by atoms with van der Waals surface area (Å²) in [5, 5.41) is 3.87. The molecule has 2 N–H and O–H groups in total. The number of halogens is 1. The van der Waals surface area contributed by atoms with E-state index in [2.05, 4.69) is 15.0 Å². The number of nitrogens with zero attached hydrogens (tertiary/aromatic N) is 3. The number of hydrogen-bond acceptors (Lipinski definition) is 5. The third-order valence-electron chi connectivity index (χ3n) is 2.78. The first kappa shape index (κ1) is 13.5. The molecule has 0 saturated carbocycles. The molecular weight excluding hydrogens is 247 g/mol. The third-order valence-corrected chi connectivity index (χ3v) is 2.78. The van der Waals surface area contributed by atoms with Crippen molar-refractivity contribution in [3.63, 3.8) is 0 Å². The second-order valence-corrected chi connectivity index (χ2v) is 4.51. The van der Waals surface area contributed by atoms with Crippen molar-refractivity contribution < 1.29 is 8.91 Å². The molecule has 1 aromatic heterocycles. The Bertz CT molecular complexity index is 524. The predicted octanol–water partition coefficient (Wildman–Crippen LogP) is 2.08. The number of aromatic nitrogens is 2. The second kappa shape index (κ2) is 5.79. The highest BCUT2D eigenvalue weighted by atomic mass is 19.1. The van der Waals surface area contributed by atoms with Gasteiger partial charge in [-0.2, -0.15) is 4.98 Å². The van der Waals surface area contributed by atoms with Crippen LogP contribution in [0.4, 0.5) is 10.1 Å². The lowest BCUT2D eigenvalue weighted by molar-refractivity contribution is 0.374. The van der Waals surface area contributed by atoms with Crippen molar-refractivity contribution in [2.75, 3.05) is 4.90 Å². The lowest BCUT2D eigenvalue weighted by atomic mass is 10.2. The van der Waals surface area contributed by atoms with E-state index >= 15 is 0 Å². The fourth-order valence-corrected chi connectivity index (χ4v) is 1.79. The molecule has 6 heteroatoms. The second-order valence-electron chi connectivity index (χ2n) is 4.51. The van der Waals surface area contributed by atoms with Crippen LogP contribution >= 0.6 is 0 Å². The molecule has 0 fully saturated rings. The summed E-state index contributed by atoms with van der Waals surface area (Å²) in [6.07, 6.45) is 0. The van der Waals surface area contributed by atoms with E-state index in [0.29, 0.717) is 18.3 Å². The molecule has 2 rings (SSSR count). The number of benzene rings is 1. The van der Waals surface area contributed by atoms with Gasteiger partial charge in [0.15, 0.2) is 5.82 Å². The van der Waals surface area contributed by atoms with E-state index in [9.17, 15) is 4.39 Å². The van der Waals surface area contributed by atoms with Crippen molar-refractivity contribution >= 4 is 5.69 Å². The lowest BCUT2D eigenvalue weighted by Crippen LogP contribution is -2.30. The molecule has 0 aliphatic carbocycles. The Kier molecular flexibility index (Phi) is 4.11. The molecule has 102 valence electrons. The first-order valence-corrected chi connectivity index (χ1v) is 6.14. The van der Waals surface area contributed by atoms with Gasteiger partial charge in [0.2, 0.25) is 5.89 Å². The van der Waals surface area contributed by atoms with Crippen LogP contribution in [0.25, 0.3) is 0 Å². The molecule has 19 heavy (non-hydrogen) atoms. The molecular formula is C13H17FN4O. The van der Waals surface area contributed by atoms with E-state index in [-0.39, 0.29) is 18.4 Å². The topological polar surface area (TPSA) is 68.2 Å². The Hall–Kier alpha value is -1.95. The van der Waals surface area contributed by atoms with Gasteiger partial charge in [0, 0.05) is 11.7 Å². The third kappa shape index (κ3) is 3.29. The van der Waals surface area contributed by atoms with E-state index < -0.39 is 0 Å². The lowest BCUT2D eigenvalue weighted by Gasteiger charge is -2.27. The summed E-state index contributed by atoms with van der Waals surface area (Å²) in [7, 11) is 0. The Morgan fingerprint density at radius 1 is 1.32 bits per heavy atom. The van der Waals surface area contributed by atoms with Crippen molar-refractivity contribution in [3.05, 3.63) is 41.8 Å². The summed E-state index contributed by atoms with van der Waals surface area (Å²) in [6.45, 7) is 4.82. The quantitative estimate of drug-likeness (QED) is 0.895. The maximum Gasteiger partial charge on any atom is 0.240 e. The van der Waals surface area contributed by atoms with Crippen molar-refractivity contribution in [1.82, 2.24) is 10.1 Å². The minimum atomic E-state index is -0.252. The van der Waals surface area contributed by atoms with Crippen LogP contribution < -0.4 is 10.6 Å². The molecule has 2 aromatic rings. The van der Waals surface area contributed by atoms with E-state index in [1.54, 1.807) is 12.1 Å². The largest absolute Gasteiger partial charge is 0.361 e. The van der Waals surface area contributed by atoms with Crippen LogP contribution in [0, 0.1) is 5.82 Å². The summed E-state index contributed by atoms with van der Waals surface area (Å²) < 4.78 is 17.9. The van der Waals surface area contributed by atoms with E-state index in [0.717, 1.165) is 5.69 Å². The first-order valence-electron chi connectivity index (χ1n) is 6.14. The molecule has 0 aliphatic rings. The summed E-state index contributed by atoms with van der Waals surface area (Å²) in [5.74, 6) is 0.730. The smallest absolute Gasteiger partial charge is 0.240 e. The SMILES string of the molecule is CC(C)N(Cc1noc(CN)n1)c1ccc(F)cc1. The van der Waals surface area contributed by atoms with Crippen LogP contribution in [0.15, 0.2) is 28.8 Å². The Labute approximate surface area is 111 Å². The van der Waals surface area contributed by atoms with Gasteiger partial charge >= 0.3 is 0 Å². The van der Waals surface area contributed by atoms with Gasteiger partial charge in [-0.05, 0) is 38.1 Å². The molecule has 0 aliphatic heterocycles. The van der Waals surface area contributed by atoms with Gasteiger partial charge in [0.05, 0.1) is 13.1 Å². The van der Waals surface area contributed by atoms with Crippen LogP contribution in [-0.2, 0) is 13.1 Å². The first-order chi connectivity index (χ1) is 9.10. The normalized spacial score (nSPS) is 11.0. The molecule has 0 bridgehead atoms. The van der Waals surface area contributed by atoms with Crippen LogP contribution in [-0.4, -0.2) is 16.2 Å². The minimum absolute atomic E-state index is 0.227. The van der Waals surface area contributed by atoms with Gasteiger partial charge in [-0.25, -0.2) is 4.39 Å². The summed E-state index contributed by atoms with van der Waals surface area (Å²) in [5.41, 5.74) is 6.34. The van der Waals surface area contributed by atoms with Gasteiger partial charge in [-0.3, -0.25) is 0 Å². The van der Waals surface area contributed by atoms with E-state index in [4.69, 9.17) is 10.3 Å². The number of nitrogens with two attached hydrogens (primary N) is 1. The number of rotatable bonds is 5. The molecule has 0 saturated heterocycles. The van der Waals surface area contributed by atoms with Gasteiger partial charge in [0.25, 0.3) is 0 Å². The molecule has 0 unspecified atom stereocenters. The summed E-state index contributed by atoms with van der Waals surface area (Å²) >= 11 is 0. The van der Waals surface area contributed by atoms with Crippen molar-refractivity contribution in [3.8, 4) is 0 Å². The summed E-state index contributed by atoms with van der Waals surface area (Å²) in [4.78, 5) is 6.24. The fourth-order valence-electron chi connectivity index (χ4n) is 1.79. The van der Waals surface area contributed by atoms with Crippen molar-refractivity contribution in [2.24, 2.45) is 5.73 Å². The molecule has 0 atom stereocenters. The monoisotopic (exact) mass is 264 g/mol. The molecule has 0 amide bonds. The van der Waals surface area contributed by atoms with Crippen LogP contribution in [0.5, 0.6) is 0 Å². The maximum atomic E-state index is 13.0. The highest BCUT2D eigenvalue weighted by Crippen LogP contribution is 2.19.